The van der Waals surface area contributed by atoms with Gasteiger partial charge in [0.1, 0.15) is 11.6 Å². The molecule has 0 amide bonds. The number of para-hydroxylation sites is 1. The Kier molecular flexibility index (Phi) is 2.14. The van der Waals surface area contributed by atoms with E-state index >= 15 is 0 Å². The molecule has 0 atom stereocenters. The first-order valence-corrected chi connectivity index (χ1v) is 6.37. The van der Waals surface area contributed by atoms with Crippen molar-refractivity contribution >= 4 is 16.7 Å². The summed E-state index contributed by atoms with van der Waals surface area (Å²) in [6, 6.07) is 9.95. The van der Waals surface area contributed by atoms with Gasteiger partial charge < -0.3 is 0 Å². The van der Waals surface area contributed by atoms with E-state index in [1.807, 2.05) is 53.3 Å². The zero-order chi connectivity index (χ0) is 13.7. The van der Waals surface area contributed by atoms with Gasteiger partial charge in [-0.15, -0.1) is 10.2 Å². The van der Waals surface area contributed by atoms with Crippen LogP contribution in [0.25, 0.3) is 22.4 Å². The van der Waals surface area contributed by atoms with E-state index in [0.29, 0.717) is 0 Å². The summed E-state index contributed by atoms with van der Waals surface area (Å²) < 4.78 is 3.77. The van der Waals surface area contributed by atoms with Gasteiger partial charge in [-0.2, -0.15) is 5.10 Å². The smallest absolute Gasteiger partial charge is 0.174 e. The number of hydrogen-bond donors (Lipinski definition) is 0. The summed E-state index contributed by atoms with van der Waals surface area (Å²) >= 11 is 0. The average molecular weight is 264 g/mol. The van der Waals surface area contributed by atoms with Crippen molar-refractivity contribution < 1.29 is 0 Å². The van der Waals surface area contributed by atoms with Crippen LogP contribution >= 0.6 is 0 Å². The van der Waals surface area contributed by atoms with Gasteiger partial charge in [-0.3, -0.25) is 4.40 Å². The van der Waals surface area contributed by atoms with Crippen LogP contribution in [0.2, 0.25) is 0 Å². The van der Waals surface area contributed by atoms with Crippen molar-refractivity contribution in [2.45, 2.75) is 13.8 Å². The highest BCUT2D eigenvalue weighted by Crippen LogP contribution is 2.21. The van der Waals surface area contributed by atoms with Crippen molar-refractivity contribution in [2.24, 2.45) is 0 Å². The summed E-state index contributed by atoms with van der Waals surface area (Å²) in [5.41, 5.74) is 2.58. The predicted octanol–water partition coefficient (Wildman–Crippen LogP) is 2.08. The Labute approximate surface area is 114 Å². The fourth-order valence-electron chi connectivity index (χ4n) is 2.49. The molecule has 1 aromatic carbocycles. The summed E-state index contributed by atoms with van der Waals surface area (Å²) in [7, 11) is 0. The largest absolute Gasteiger partial charge is 0.266 e. The van der Waals surface area contributed by atoms with Crippen molar-refractivity contribution in [1.82, 2.24) is 29.4 Å². The average Bonchev–Trinajstić information content (AvgIpc) is 3.04. The van der Waals surface area contributed by atoms with Crippen LogP contribution in [0, 0.1) is 13.8 Å². The molecule has 6 nitrogen and oxygen atoms in total. The first-order chi connectivity index (χ1) is 9.75. The molecule has 4 aromatic rings. The highest BCUT2D eigenvalue weighted by Gasteiger charge is 2.14. The molecule has 20 heavy (non-hydrogen) atoms. The monoisotopic (exact) mass is 264 g/mol. The first-order valence-electron chi connectivity index (χ1n) is 6.37. The minimum Gasteiger partial charge on any atom is -0.266 e. The summed E-state index contributed by atoms with van der Waals surface area (Å²) in [6.07, 6.45) is 1.79. The molecule has 6 heteroatoms. The summed E-state index contributed by atoms with van der Waals surface area (Å²) in [5.74, 6) is 1.69. The van der Waals surface area contributed by atoms with Gasteiger partial charge in [0.25, 0.3) is 0 Å². The fraction of sp³-hybridized carbons (Fsp3) is 0.143. The van der Waals surface area contributed by atoms with Gasteiger partial charge in [0.2, 0.25) is 0 Å². The molecule has 0 fully saturated rings. The Bertz CT molecular complexity index is 919. The molecule has 0 unspecified atom stereocenters. The number of fused-ring (bicyclic) bond motifs is 3. The molecular weight excluding hydrogens is 252 g/mol. The van der Waals surface area contributed by atoms with Gasteiger partial charge in [-0.25, -0.2) is 9.67 Å². The maximum atomic E-state index is 4.66. The van der Waals surface area contributed by atoms with Crippen molar-refractivity contribution in [3.63, 3.8) is 0 Å². The Morgan fingerprint density at radius 3 is 2.50 bits per heavy atom. The lowest BCUT2D eigenvalue weighted by atomic mass is 10.3. The maximum Gasteiger partial charge on any atom is 0.174 e. The van der Waals surface area contributed by atoms with E-state index < -0.39 is 0 Å². The van der Waals surface area contributed by atoms with E-state index in [4.69, 9.17) is 0 Å². The first kappa shape index (κ1) is 11.1. The molecule has 98 valence electrons. The number of nitrogens with zero attached hydrogens (tertiary/aromatic N) is 6. The zero-order valence-corrected chi connectivity index (χ0v) is 11.1. The Morgan fingerprint density at radius 2 is 1.70 bits per heavy atom. The van der Waals surface area contributed by atoms with Gasteiger partial charge >= 0.3 is 0 Å². The second-order valence-electron chi connectivity index (χ2n) is 4.69. The van der Waals surface area contributed by atoms with Crippen molar-refractivity contribution in [3.05, 3.63) is 48.2 Å². The molecule has 0 radical (unpaired) electrons. The van der Waals surface area contributed by atoms with Crippen LogP contribution in [0.5, 0.6) is 0 Å². The Balaban J connectivity index is 2.12. The third kappa shape index (κ3) is 1.38. The molecule has 0 aliphatic rings. The Morgan fingerprint density at radius 1 is 0.900 bits per heavy atom. The van der Waals surface area contributed by atoms with Gasteiger partial charge in [0.15, 0.2) is 11.3 Å². The molecule has 0 spiro atoms. The molecule has 3 aromatic heterocycles. The lowest BCUT2D eigenvalue weighted by Gasteiger charge is -2.04. The summed E-state index contributed by atoms with van der Waals surface area (Å²) in [5, 5.41) is 13.7. The third-order valence-electron chi connectivity index (χ3n) is 3.40. The standard InChI is InChI=1S/C14H12N6/c1-9-16-13-12(14-18-17-10(2)19(9)14)8-15-20(13)11-6-4-3-5-7-11/h3-8H,1-2H3. The van der Waals surface area contributed by atoms with E-state index in [1.54, 1.807) is 6.20 Å². The van der Waals surface area contributed by atoms with Crippen LogP contribution in [-0.4, -0.2) is 29.4 Å². The van der Waals surface area contributed by atoms with Gasteiger partial charge in [0.05, 0.1) is 17.3 Å². The molecule has 3 heterocycles. The van der Waals surface area contributed by atoms with Gasteiger partial charge in [-0.1, -0.05) is 18.2 Å². The third-order valence-corrected chi connectivity index (χ3v) is 3.40. The number of aryl methyl sites for hydroxylation is 2. The lowest BCUT2D eigenvalue weighted by molar-refractivity contribution is 0.878. The number of aromatic nitrogens is 6. The lowest BCUT2D eigenvalue weighted by Crippen LogP contribution is -2.02. The highest BCUT2D eigenvalue weighted by molar-refractivity contribution is 5.89. The predicted molar refractivity (Wildman–Crippen MR) is 74.9 cm³/mol. The van der Waals surface area contributed by atoms with Gasteiger partial charge in [-0.05, 0) is 26.0 Å². The van der Waals surface area contributed by atoms with Crippen LogP contribution < -0.4 is 0 Å². The molecule has 0 aliphatic heterocycles. The quantitative estimate of drug-likeness (QED) is 0.528. The van der Waals surface area contributed by atoms with E-state index in [9.17, 15) is 0 Å². The summed E-state index contributed by atoms with van der Waals surface area (Å²) in [4.78, 5) is 4.66. The maximum absolute atomic E-state index is 4.66. The second kappa shape index (κ2) is 3.86. The number of rotatable bonds is 1. The van der Waals surface area contributed by atoms with Crippen molar-refractivity contribution in [2.75, 3.05) is 0 Å². The highest BCUT2D eigenvalue weighted by atomic mass is 15.3. The molecule has 0 saturated heterocycles. The molecule has 0 aliphatic carbocycles. The number of benzene rings is 1. The molecule has 4 rings (SSSR count). The van der Waals surface area contributed by atoms with Crippen LogP contribution in [0.3, 0.4) is 0 Å². The number of hydrogen-bond acceptors (Lipinski definition) is 4. The molecule has 0 bridgehead atoms. The SMILES string of the molecule is Cc1nnc2c3cnn(-c4ccccc4)c3nc(C)n12. The molecule has 0 saturated carbocycles. The van der Waals surface area contributed by atoms with Gasteiger partial charge in [0, 0.05) is 0 Å². The topological polar surface area (TPSA) is 60.9 Å². The Hall–Kier alpha value is -2.76. The zero-order valence-electron chi connectivity index (χ0n) is 11.1. The van der Waals surface area contributed by atoms with Crippen LogP contribution in [0.15, 0.2) is 36.5 Å². The van der Waals surface area contributed by atoms with Crippen molar-refractivity contribution in [3.8, 4) is 5.69 Å². The van der Waals surface area contributed by atoms with E-state index in [-0.39, 0.29) is 0 Å². The van der Waals surface area contributed by atoms with Crippen molar-refractivity contribution in [1.29, 1.82) is 0 Å². The second-order valence-corrected chi connectivity index (χ2v) is 4.69. The van der Waals surface area contributed by atoms with Crippen LogP contribution in [0.1, 0.15) is 11.6 Å². The molecule has 0 N–H and O–H groups in total. The van der Waals surface area contributed by atoms with Crippen LogP contribution in [0.4, 0.5) is 0 Å². The van der Waals surface area contributed by atoms with E-state index in [0.717, 1.165) is 34.0 Å². The fourth-order valence-corrected chi connectivity index (χ4v) is 2.49. The molecular formula is C14H12N6. The van der Waals surface area contributed by atoms with Crippen LogP contribution in [-0.2, 0) is 0 Å². The minimum absolute atomic E-state index is 0.798. The normalized spacial score (nSPS) is 11.5. The summed E-state index contributed by atoms with van der Waals surface area (Å²) in [6.45, 7) is 3.87. The van der Waals surface area contributed by atoms with E-state index in [1.165, 1.54) is 0 Å². The minimum atomic E-state index is 0.798. The van der Waals surface area contributed by atoms with E-state index in [2.05, 4.69) is 20.3 Å².